The van der Waals surface area contributed by atoms with Crippen LogP contribution in [0.1, 0.15) is 33.6 Å². The third-order valence-electron chi connectivity index (χ3n) is 7.15. The standard InChI is InChI=1S/C31H37N5O6/c1-31(2,3)42-30(39)35-12-8-21(9-13-35)40-15-16-41-22-10-14-36(27(37)18-22)26-6-5-20(32)17-24(26)25-19-34(4)29(38)28-23(25)7-11-33-28/h5-7,10-11,14,17-19,21,33H,8-9,12-13,15-16,32H2,1-4H3. The second-order valence-corrected chi connectivity index (χ2v) is 11.5. The van der Waals surface area contributed by atoms with Crippen molar-refractivity contribution < 1.29 is 19.0 Å². The molecule has 11 nitrogen and oxygen atoms in total. The van der Waals surface area contributed by atoms with Crippen LogP contribution in [-0.4, -0.2) is 63.1 Å². The van der Waals surface area contributed by atoms with Gasteiger partial charge < -0.3 is 34.4 Å². The molecule has 0 bridgehead atoms. The Morgan fingerprint density at radius 2 is 1.81 bits per heavy atom. The number of rotatable bonds is 7. The van der Waals surface area contributed by atoms with Gasteiger partial charge in [0.15, 0.2) is 0 Å². The highest BCUT2D eigenvalue weighted by atomic mass is 16.6. The van der Waals surface area contributed by atoms with Crippen molar-refractivity contribution in [3.8, 4) is 22.6 Å². The van der Waals surface area contributed by atoms with Crippen LogP contribution in [0.5, 0.6) is 5.75 Å². The number of nitrogens with two attached hydrogens (primary N) is 1. The van der Waals surface area contributed by atoms with Crippen molar-refractivity contribution >= 4 is 22.7 Å². The SMILES string of the molecule is Cn1cc(-c2cc(N)ccc2-n2ccc(OCCOC3CCN(C(=O)OC(C)(C)C)CC3)cc2=O)c2cc[nH]c2c1=O. The number of fused-ring (bicyclic) bond motifs is 1. The summed E-state index contributed by atoms with van der Waals surface area (Å²) >= 11 is 0. The summed E-state index contributed by atoms with van der Waals surface area (Å²) in [5.74, 6) is 0.437. The van der Waals surface area contributed by atoms with E-state index in [1.165, 1.54) is 15.2 Å². The van der Waals surface area contributed by atoms with Crippen molar-refractivity contribution in [1.29, 1.82) is 0 Å². The number of piperidine rings is 1. The minimum absolute atomic E-state index is 0.0354. The molecule has 0 spiro atoms. The molecule has 0 radical (unpaired) electrons. The van der Waals surface area contributed by atoms with Crippen molar-refractivity contribution in [3.05, 3.63) is 75.7 Å². The van der Waals surface area contributed by atoms with Gasteiger partial charge in [-0.05, 0) is 63.9 Å². The highest BCUT2D eigenvalue weighted by Crippen LogP contribution is 2.32. The number of likely N-dealkylation sites (tertiary alicyclic amines) is 1. The van der Waals surface area contributed by atoms with Crippen LogP contribution in [0.2, 0.25) is 0 Å². The number of aromatic nitrogens is 3. The number of nitrogen functional groups attached to an aromatic ring is 1. The zero-order valence-corrected chi connectivity index (χ0v) is 24.4. The Balaban J connectivity index is 1.22. The molecule has 222 valence electrons. The van der Waals surface area contributed by atoms with Crippen LogP contribution < -0.4 is 21.6 Å². The van der Waals surface area contributed by atoms with Gasteiger partial charge in [0, 0.05) is 67.0 Å². The molecule has 1 aliphatic rings. The van der Waals surface area contributed by atoms with Gasteiger partial charge in [-0.25, -0.2) is 4.79 Å². The molecule has 4 aromatic rings. The number of carbonyl (C=O) groups is 1. The number of carbonyl (C=O) groups excluding carboxylic acids is 1. The topological polar surface area (TPSA) is 134 Å². The molecule has 11 heteroatoms. The zero-order valence-electron chi connectivity index (χ0n) is 24.4. The van der Waals surface area contributed by atoms with Gasteiger partial charge in [0.05, 0.1) is 18.4 Å². The minimum atomic E-state index is -0.516. The van der Waals surface area contributed by atoms with Crippen molar-refractivity contribution in [2.24, 2.45) is 7.05 Å². The highest BCUT2D eigenvalue weighted by Gasteiger charge is 2.27. The van der Waals surface area contributed by atoms with Gasteiger partial charge in [-0.2, -0.15) is 0 Å². The molecule has 1 fully saturated rings. The van der Waals surface area contributed by atoms with Crippen LogP contribution in [0.25, 0.3) is 27.7 Å². The molecule has 1 aromatic carbocycles. The first-order valence-corrected chi connectivity index (χ1v) is 14.0. The summed E-state index contributed by atoms with van der Waals surface area (Å²) in [6, 6.07) is 10.3. The molecule has 0 aliphatic carbocycles. The smallest absolute Gasteiger partial charge is 0.410 e. The second kappa shape index (κ2) is 11.8. The Bertz CT molecular complexity index is 1710. The number of hydrogen-bond donors (Lipinski definition) is 2. The Labute approximate surface area is 243 Å². The molecular formula is C31H37N5O6. The maximum atomic E-state index is 13.2. The van der Waals surface area contributed by atoms with E-state index in [2.05, 4.69) is 4.98 Å². The summed E-state index contributed by atoms with van der Waals surface area (Å²) < 4.78 is 20.2. The summed E-state index contributed by atoms with van der Waals surface area (Å²) in [6.07, 6.45) is 6.33. The number of anilines is 1. The van der Waals surface area contributed by atoms with Gasteiger partial charge in [-0.15, -0.1) is 0 Å². The Morgan fingerprint density at radius 3 is 2.52 bits per heavy atom. The zero-order chi connectivity index (χ0) is 30.0. The first kappa shape index (κ1) is 29.0. The summed E-state index contributed by atoms with van der Waals surface area (Å²) in [5.41, 5.74) is 8.35. The van der Waals surface area contributed by atoms with Crippen LogP contribution in [0.3, 0.4) is 0 Å². The Morgan fingerprint density at radius 1 is 1.05 bits per heavy atom. The van der Waals surface area contributed by atoms with Gasteiger partial charge in [0.25, 0.3) is 11.1 Å². The van der Waals surface area contributed by atoms with Gasteiger partial charge in [-0.1, -0.05) is 0 Å². The van der Waals surface area contributed by atoms with Crippen LogP contribution in [0, 0.1) is 0 Å². The quantitative estimate of drug-likeness (QED) is 0.251. The molecule has 0 atom stereocenters. The number of nitrogens with one attached hydrogen (secondary N) is 1. The van der Waals surface area contributed by atoms with E-state index >= 15 is 0 Å². The van der Waals surface area contributed by atoms with Gasteiger partial charge in [0.2, 0.25) is 0 Å². The van der Waals surface area contributed by atoms with Crippen molar-refractivity contribution in [2.45, 2.75) is 45.3 Å². The summed E-state index contributed by atoms with van der Waals surface area (Å²) in [5, 5.41) is 0.744. The maximum absolute atomic E-state index is 13.2. The number of ether oxygens (including phenoxy) is 3. The summed E-state index contributed by atoms with van der Waals surface area (Å²) in [6.45, 7) is 7.38. The van der Waals surface area contributed by atoms with E-state index in [9.17, 15) is 14.4 Å². The number of H-pyrrole nitrogens is 1. The molecule has 3 aromatic heterocycles. The second-order valence-electron chi connectivity index (χ2n) is 11.5. The van der Waals surface area contributed by atoms with E-state index in [1.54, 1.807) is 54.8 Å². The molecule has 4 heterocycles. The highest BCUT2D eigenvalue weighted by molar-refractivity contribution is 5.97. The van der Waals surface area contributed by atoms with E-state index in [4.69, 9.17) is 19.9 Å². The molecule has 42 heavy (non-hydrogen) atoms. The lowest BCUT2D eigenvalue weighted by Gasteiger charge is -2.33. The third-order valence-corrected chi connectivity index (χ3v) is 7.15. The molecule has 0 unspecified atom stereocenters. The van der Waals surface area contributed by atoms with Gasteiger partial charge >= 0.3 is 6.09 Å². The number of hydrogen-bond acceptors (Lipinski definition) is 7. The number of nitrogens with zero attached hydrogens (tertiary/aromatic N) is 3. The fourth-order valence-electron chi connectivity index (χ4n) is 5.12. The van der Waals surface area contributed by atoms with Crippen LogP contribution >= 0.6 is 0 Å². The Kier molecular flexibility index (Phi) is 8.13. The van der Waals surface area contributed by atoms with Gasteiger partial charge in [0.1, 0.15) is 23.5 Å². The van der Waals surface area contributed by atoms with E-state index in [-0.39, 0.29) is 29.9 Å². The van der Waals surface area contributed by atoms with Crippen molar-refractivity contribution in [1.82, 2.24) is 19.0 Å². The average Bonchev–Trinajstić information content (AvgIpc) is 3.43. The van der Waals surface area contributed by atoms with Crippen LogP contribution in [0.15, 0.2) is 64.6 Å². The molecule has 1 amide bonds. The van der Waals surface area contributed by atoms with Crippen LogP contribution in [0.4, 0.5) is 10.5 Å². The van der Waals surface area contributed by atoms with Crippen molar-refractivity contribution in [3.63, 3.8) is 0 Å². The lowest BCUT2D eigenvalue weighted by atomic mass is 10.0. The summed E-state index contributed by atoms with van der Waals surface area (Å²) in [4.78, 5) is 42.8. The molecule has 1 saturated heterocycles. The third kappa shape index (κ3) is 6.36. The average molecular weight is 576 g/mol. The first-order valence-electron chi connectivity index (χ1n) is 14.0. The van der Waals surface area contributed by atoms with Gasteiger partial charge in [-0.3, -0.25) is 14.2 Å². The number of aryl methyl sites for hydroxylation is 1. The molecule has 5 rings (SSSR count). The first-order chi connectivity index (χ1) is 20.0. The number of benzene rings is 1. The number of amides is 1. The Hall–Kier alpha value is -4.51. The fourth-order valence-corrected chi connectivity index (χ4v) is 5.12. The predicted molar refractivity (Wildman–Crippen MR) is 161 cm³/mol. The predicted octanol–water partition coefficient (Wildman–Crippen LogP) is 4.06. The van der Waals surface area contributed by atoms with E-state index in [0.717, 1.165) is 29.4 Å². The molecule has 1 aliphatic heterocycles. The monoisotopic (exact) mass is 575 g/mol. The minimum Gasteiger partial charge on any atom is -0.491 e. The fraction of sp³-hybridized carbons (Fsp3) is 0.387. The summed E-state index contributed by atoms with van der Waals surface area (Å²) in [7, 11) is 1.69. The maximum Gasteiger partial charge on any atom is 0.410 e. The largest absolute Gasteiger partial charge is 0.491 e. The van der Waals surface area contributed by atoms with Crippen molar-refractivity contribution in [2.75, 3.05) is 32.0 Å². The number of aromatic amines is 1. The molecule has 3 N–H and O–H groups in total. The number of pyridine rings is 2. The van der Waals surface area contributed by atoms with E-state index in [1.807, 2.05) is 26.8 Å². The normalized spacial score (nSPS) is 14.3. The lowest BCUT2D eigenvalue weighted by molar-refractivity contribution is -0.0177. The molecule has 0 saturated carbocycles. The molecular weight excluding hydrogens is 538 g/mol. The van der Waals surface area contributed by atoms with E-state index < -0.39 is 5.60 Å². The van der Waals surface area contributed by atoms with Crippen LogP contribution in [-0.2, 0) is 16.5 Å². The van der Waals surface area contributed by atoms with E-state index in [0.29, 0.717) is 42.3 Å². The lowest BCUT2D eigenvalue weighted by Crippen LogP contribution is -2.43.